The normalized spacial score (nSPS) is 15.3. The fourth-order valence-corrected chi connectivity index (χ4v) is 2.25. The topological polar surface area (TPSA) is 38.0 Å². The molecule has 5 heteroatoms. The molecule has 0 bridgehead atoms. The molecule has 0 saturated carbocycles. The standard InChI is InChI=1S/C14H21F3N2/c1-3-5-10(2)8-13(19-18)11-6-4-7-12(9-11)14(15,16)17/h4,6-7,9-10,13,19H,3,5,8,18H2,1-2H3. The Balaban J connectivity index is 2.87. The summed E-state index contributed by atoms with van der Waals surface area (Å²) in [5.74, 6) is 5.89. The zero-order chi connectivity index (χ0) is 14.5. The molecule has 0 aliphatic carbocycles. The van der Waals surface area contributed by atoms with E-state index in [9.17, 15) is 13.2 Å². The minimum atomic E-state index is -4.32. The van der Waals surface area contributed by atoms with Gasteiger partial charge in [-0.2, -0.15) is 13.2 Å². The zero-order valence-corrected chi connectivity index (χ0v) is 11.3. The lowest BCUT2D eigenvalue weighted by Gasteiger charge is -2.21. The number of nitrogens with one attached hydrogen (secondary N) is 1. The molecular formula is C14H21F3N2. The molecule has 1 aromatic rings. The van der Waals surface area contributed by atoms with Crippen molar-refractivity contribution < 1.29 is 13.2 Å². The fourth-order valence-electron chi connectivity index (χ4n) is 2.25. The molecule has 0 aromatic heterocycles. The van der Waals surface area contributed by atoms with E-state index in [0.717, 1.165) is 25.3 Å². The third-order valence-electron chi connectivity index (χ3n) is 3.24. The Morgan fingerprint density at radius 2 is 2.00 bits per heavy atom. The molecular weight excluding hydrogens is 253 g/mol. The molecule has 1 rings (SSSR count). The molecule has 19 heavy (non-hydrogen) atoms. The Morgan fingerprint density at radius 3 is 2.53 bits per heavy atom. The second-order valence-corrected chi connectivity index (χ2v) is 4.97. The van der Waals surface area contributed by atoms with Crippen LogP contribution in [0.5, 0.6) is 0 Å². The summed E-state index contributed by atoms with van der Waals surface area (Å²) in [6, 6.07) is 5.10. The van der Waals surface area contributed by atoms with Gasteiger partial charge < -0.3 is 0 Å². The van der Waals surface area contributed by atoms with Crippen LogP contribution in [0.25, 0.3) is 0 Å². The highest BCUT2D eigenvalue weighted by molar-refractivity contribution is 5.28. The highest BCUT2D eigenvalue weighted by atomic mass is 19.4. The van der Waals surface area contributed by atoms with Crippen LogP contribution < -0.4 is 11.3 Å². The maximum absolute atomic E-state index is 12.7. The maximum atomic E-state index is 12.7. The molecule has 0 fully saturated rings. The quantitative estimate of drug-likeness (QED) is 0.607. The predicted octanol–water partition coefficient (Wildman–Crippen LogP) is 4.04. The molecule has 0 saturated heterocycles. The highest BCUT2D eigenvalue weighted by Gasteiger charge is 2.31. The van der Waals surface area contributed by atoms with Gasteiger partial charge in [-0.25, -0.2) is 0 Å². The van der Waals surface area contributed by atoms with Crippen molar-refractivity contribution in [2.75, 3.05) is 0 Å². The molecule has 3 N–H and O–H groups in total. The molecule has 0 spiro atoms. The van der Waals surface area contributed by atoms with Crippen LogP contribution in [-0.4, -0.2) is 0 Å². The van der Waals surface area contributed by atoms with Gasteiger partial charge >= 0.3 is 6.18 Å². The Morgan fingerprint density at radius 1 is 1.32 bits per heavy atom. The Bertz CT molecular complexity index is 391. The summed E-state index contributed by atoms with van der Waals surface area (Å²) in [4.78, 5) is 0. The lowest BCUT2D eigenvalue weighted by atomic mass is 9.92. The summed E-state index contributed by atoms with van der Waals surface area (Å²) in [5, 5.41) is 0. The molecule has 1 aromatic carbocycles. The monoisotopic (exact) mass is 274 g/mol. The Hall–Kier alpha value is -1.07. The van der Waals surface area contributed by atoms with Crippen LogP contribution in [0.2, 0.25) is 0 Å². The number of hydrazine groups is 1. The van der Waals surface area contributed by atoms with Gasteiger partial charge in [0.15, 0.2) is 0 Å². The van der Waals surface area contributed by atoms with Crippen LogP contribution in [0.3, 0.4) is 0 Å². The number of nitrogens with two attached hydrogens (primary N) is 1. The van der Waals surface area contributed by atoms with Gasteiger partial charge in [0.25, 0.3) is 0 Å². The largest absolute Gasteiger partial charge is 0.416 e. The van der Waals surface area contributed by atoms with Gasteiger partial charge in [0.2, 0.25) is 0 Å². The van der Waals surface area contributed by atoms with Gasteiger partial charge in [0.05, 0.1) is 5.56 Å². The van der Waals surface area contributed by atoms with Crippen molar-refractivity contribution in [1.29, 1.82) is 0 Å². The molecule has 2 unspecified atom stereocenters. The molecule has 2 nitrogen and oxygen atoms in total. The Kier molecular flexibility index (Phi) is 5.82. The zero-order valence-electron chi connectivity index (χ0n) is 11.3. The molecule has 0 amide bonds. The van der Waals surface area contributed by atoms with Crippen molar-refractivity contribution in [2.45, 2.75) is 45.3 Å². The van der Waals surface area contributed by atoms with Gasteiger partial charge in [-0.3, -0.25) is 11.3 Å². The lowest BCUT2D eigenvalue weighted by Crippen LogP contribution is -2.29. The molecule has 108 valence electrons. The number of hydrogen-bond acceptors (Lipinski definition) is 2. The number of benzene rings is 1. The number of halogens is 3. The van der Waals surface area contributed by atoms with E-state index in [-0.39, 0.29) is 6.04 Å². The van der Waals surface area contributed by atoms with Crippen LogP contribution in [0, 0.1) is 5.92 Å². The van der Waals surface area contributed by atoms with E-state index < -0.39 is 11.7 Å². The summed E-state index contributed by atoms with van der Waals surface area (Å²) in [6.07, 6.45) is -1.49. The molecule has 0 aliphatic rings. The molecule has 0 aliphatic heterocycles. The van der Waals surface area contributed by atoms with E-state index >= 15 is 0 Å². The minimum Gasteiger partial charge on any atom is -0.271 e. The van der Waals surface area contributed by atoms with E-state index in [1.165, 1.54) is 12.1 Å². The van der Waals surface area contributed by atoms with Crippen LogP contribution in [0.1, 0.15) is 50.3 Å². The fraction of sp³-hybridized carbons (Fsp3) is 0.571. The Labute approximate surface area is 112 Å². The number of hydrogen-bond donors (Lipinski definition) is 2. The van der Waals surface area contributed by atoms with Crippen LogP contribution >= 0.6 is 0 Å². The van der Waals surface area contributed by atoms with Gasteiger partial charge in [-0.15, -0.1) is 0 Å². The number of alkyl halides is 3. The van der Waals surface area contributed by atoms with Crippen LogP contribution in [-0.2, 0) is 6.18 Å². The molecule has 0 radical (unpaired) electrons. The lowest BCUT2D eigenvalue weighted by molar-refractivity contribution is -0.137. The summed E-state index contributed by atoms with van der Waals surface area (Å²) >= 11 is 0. The third kappa shape index (κ3) is 4.84. The number of rotatable bonds is 6. The second kappa shape index (κ2) is 6.91. The van der Waals surface area contributed by atoms with Crippen LogP contribution in [0.15, 0.2) is 24.3 Å². The van der Waals surface area contributed by atoms with Crippen molar-refractivity contribution in [3.05, 3.63) is 35.4 Å². The van der Waals surface area contributed by atoms with Crippen molar-refractivity contribution in [2.24, 2.45) is 11.8 Å². The summed E-state index contributed by atoms with van der Waals surface area (Å²) in [7, 11) is 0. The van der Waals surface area contributed by atoms with E-state index in [4.69, 9.17) is 5.84 Å². The average molecular weight is 274 g/mol. The van der Waals surface area contributed by atoms with Gasteiger partial charge in [-0.1, -0.05) is 38.8 Å². The smallest absolute Gasteiger partial charge is 0.271 e. The highest BCUT2D eigenvalue weighted by Crippen LogP contribution is 2.32. The second-order valence-electron chi connectivity index (χ2n) is 4.97. The predicted molar refractivity (Wildman–Crippen MR) is 70.2 cm³/mol. The SMILES string of the molecule is CCCC(C)CC(NN)c1cccc(C(F)(F)F)c1. The van der Waals surface area contributed by atoms with Gasteiger partial charge in [-0.05, 0) is 30.0 Å². The van der Waals surface area contributed by atoms with Gasteiger partial charge in [0, 0.05) is 6.04 Å². The average Bonchev–Trinajstić information content (AvgIpc) is 2.35. The molecule has 2 atom stereocenters. The first-order chi connectivity index (χ1) is 8.88. The first-order valence-corrected chi connectivity index (χ1v) is 6.51. The minimum absolute atomic E-state index is 0.246. The van der Waals surface area contributed by atoms with Crippen molar-refractivity contribution in [3.8, 4) is 0 Å². The van der Waals surface area contributed by atoms with Crippen molar-refractivity contribution in [3.63, 3.8) is 0 Å². The summed E-state index contributed by atoms with van der Waals surface area (Å²) in [5.41, 5.74) is 2.57. The summed E-state index contributed by atoms with van der Waals surface area (Å²) in [6.45, 7) is 4.17. The van der Waals surface area contributed by atoms with E-state index in [2.05, 4.69) is 19.3 Å². The van der Waals surface area contributed by atoms with Crippen LogP contribution in [0.4, 0.5) is 13.2 Å². The van der Waals surface area contributed by atoms with E-state index in [0.29, 0.717) is 11.5 Å². The van der Waals surface area contributed by atoms with Crippen molar-refractivity contribution in [1.82, 2.24) is 5.43 Å². The first kappa shape index (κ1) is 16.0. The maximum Gasteiger partial charge on any atom is 0.416 e. The first-order valence-electron chi connectivity index (χ1n) is 6.51. The third-order valence-corrected chi connectivity index (χ3v) is 3.24. The van der Waals surface area contributed by atoms with E-state index in [1.54, 1.807) is 6.07 Å². The van der Waals surface area contributed by atoms with E-state index in [1.807, 2.05) is 0 Å². The molecule has 0 heterocycles. The van der Waals surface area contributed by atoms with Gasteiger partial charge in [0.1, 0.15) is 0 Å². The van der Waals surface area contributed by atoms with Crippen molar-refractivity contribution >= 4 is 0 Å². The summed E-state index contributed by atoms with van der Waals surface area (Å²) < 4.78 is 38.0.